The molecule has 32 heavy (non-hydrogen) atoms. The molecule has 0 radical (unpaired) electrons. The topological polar surface area (TPSA) is 80.0 Å². The van der Waals surface area contributed by atoms with E-state index in [4.69, 9.17) is 23.4 Å². The van der Waals surface area contributed by atoms with E-state index >= 15 is 0 Å². The zero-order valence-corrected chi connectivity index (χ0v) is 18.5. The molecule has 3 aromatic rings. The lowest BCUT2D eigenvalue weighted by Crippen LogP contribution is -2.47. The maximum Gasteiger partial charge on any atom is 0.366 e. The summed E-state index contributed by atoms with van der Waals surface area (Å²) in [4.78, 5) is 16.4. The number of rotatable bonds is 7. The van der Waals surface area contributed by atoms with E-state index in [0.29, 0.717) is 32.1 Å². The summed E-state index contributed by atoms with van der Waals surface area (Å²) in [6.45, 7) is 4.74. The lowest BCUT2D eigenvalue weighted by molar-refractivity contribution is -0.264. The third kappa shape index (κ3) is 4.84. The fourth-order valence-electron chi connectivity index (χ4n) is 3.57. The van der Waals surface area contributed by atoms with Crippen LogP contribution < -0.4 is 4.74 Å². The van der Waals surface area contributed by atoms with Crippen LogP contribution in [0.1, 0.15) is 29.9 Å². The van der Waals surface area contributed by atoms with Crippen LogP contribution in [0.3, 0.4) is 0 Å². The number of oxazole rings is 1. The average molecular weight is 437 g/mol. The van der Waals surface area contributed by atoms with Gasteiger partial charge in [0.25, 0.3) is 5.79 Å². The number of carbonyl (C=O) groups excluding carboxylic acids is 1. The normalized spacial score (nSPS) is 20.7. The third-order valence-electron chi connectivity index (χ3n) is 5.55. The van der Waals surface area contributed by atoms with E-state index in [1.54, 1.807) is 6.92 Å². The van der Waals surface area contributed by atoms with Crippen molar-refractivity contribution in [3.63, 3.8) is 0 Å². The predicted octanol–water partition coefficient (Wildman–Crippen LogP) is 4.29. The number of ether oxygens (including phenoxy) is 4. The molecule has 1 aliphatic rings. The van der Waals surface area contributed by atoms with Gasteiger partial charge in [-0.05, 0) is 36.8 Å². The molecule has 0 aliphatic carbocycles. The molecule has 0 N–H and O–H groups in total. The minimum absolute atomic E-state index is 0.0379. The zero-order valence-electron chi connectivity index (χ0n) is 18.5. The van der Waals surface area contributed by atoms with Crippen LogP contribution in [0.5, 0.6) is 5.75 Å². The fraction of sp³-hybridized carbons (Fsp3) is 0.360. The molecule has 0 saturated carbocycles. The Bertz CT molecular complexity index is 1040. The van der Waals surface area contributed by atoms with Gasteiger partial charge in [0.05, 0.1) is 32.6 Å². The summed E-state index contributed by atoms with van der Waals surface area (Å²) in [5.74, 6) is 0.374. The molecule has 1 aromatic heterocycles. The molecule has 2 heterocycles. The van der Waals surface area contributed by atoms with Gasteiger partial charge in [-0.15, -0.1) is 0 Å². The van der Waals surface area contributed by atoms with Crippen molar-refractivity contribution in [3.8, 4) is 17.2 Å². The minimum atomic E-state index is -1.34. The van der Waals surface area contributed by atoms with E-state index in [1.165, 1.54) is 7.11 Å². The molecule has 0 unspecified atom stereocenters. The van der Waals surface area contributed by atoms with Gasteiger partial charge in [0.1, 0.15) is 11.5 Å². The summed E-state index contributed by atoms with van der Waals surface area (Å²) < 4.78 is 27.7. The van der Waals surface area contributed by atoms with E-state index in [-0.39, 0.29) is 5.92 Å². The summed E-state index contributed by atoms with van der Waals surface area (Å²) in [5, 5.41) is 0. The van der Waals surface area contributed by atoms with Gasteiger partial charge in [-0.1, -0.05) is 30.3 Å². The van der Waals surface area contributed by atoms with Crippen molar-refractivity contribution in [1.82, 2.24) is 4.98 Å². The van der Waals surface area contributed by atoms with Gasteiger partial charge in [-0.2, -0.15) is 0 Å². The van der Waals surface area contributed by atoms with Crippen LogP contribution >= 0.6 is 0 Å². The predicted molar refractivity (Wildman–Crippen MR) is 117 cm³/mol. The largest absolute Gasteiger partial charge is 0.493 e. The van der Waals surface area contributed by atoms with Gasteiger partial charge in [0.2, 0.25) is 5.89 Å². The van der Waals surface area contributed by atoms with Crippen molar-refractivity contribution in [2.24, 2.45) is 0 Å². The maximum absolute atomic E-state index is 11.8. The molecule has 7 nitrogen and oxygen atoms in total. The number of nitrogens with zero attached hydrogens (tertiary/aromatic N) is 1. The average Bonchev–Trinajstić information content (AvgIpc) is 3.20. The van der Waals surface area contributed by atoms with Crippen LogP contribution in [-0.2, 0) is 25.4 Å². The molecule has 0 bridgehead atoms. The highest BCUT2D eigenvalue weighted by Gasteiger charge is 2.41. The molecule has 7 heteroatoms. The molecule has 1 saturated heterocycles. The first-order valence-electron chi connectivity index (χ1n) is 10.6. The first kappa shape index (κ1) is 22.0. The summed E-state index contributed by atoms with van der Waals surface area (Å²) in [6, 6.07) is 17.7. The van der Waals surface area contributed by atoms with Crippen LogP contribution in [0.2, 0.25) is 0 Å². The molecule has 0 spiro atoms. The van der Waals surface area contributed by atoms with Gasteiger partial charge in [-0.3, -0.25) is 0 Å². The van der Waals surface area contributed by atoms with E-state index < -0.39 is 11.8 Å². The molecule has 1 aliphatic heterocycles. The van der Waals surface area contributed by atoms with Crippen LogP contribution in [0.4, 0.5) is 0 Å². The van der Waals surface area contributed by atoms with Crippen molar-refractivity contribution in [2.45, 2.75) is 32.0 Å². The summed E-state index contributed by atoms with van der Waals surface area (Å²) in [7, 11) is 1.32. The second-order valence-corrected chi connectivity index (χ2v) is 7.81. The lowest BCUT2D eigenvalue weighted by atomic mass is 9.99. The molecule has 1 fully saturated rings. The van der Waals surface area contributed by atoms with Crippen molar-refractivity contribution in [2.75, 3.05) is 26.9 Å². The smallest absolute Gasteiger partial charge is 0.366 e. The standard InChI is InChI=1S/C25H27NO6/c1-17-22(26-23(32-17)19-7-5-4-6-8-19)13-14-29-21-11-9-18(10-12-21)20-15-30-25(2,31-16-20)24(27)28-3/h4-12,20H,13-16H2,1-3H3. The fourth-order valence-corrected chi connectivity index (χ4v) is 3.57. The van der Waals surface area contributed by atoms with Crippen molar-refractivity contribution >= 4 is 5.97 Å². The highest BCUT2D eigenvalue weighted by atomic mass is 16.7. The monoisotopic (exact) mass is 437 g/mol. The SMILES string of the molecule is COC(=O)C1(C)OCC(c2ccc(OCCc3nc(-c4ccccc4)oc3C)cc2)CO1. The molecular formula is C25H27NO6. The van der Waals surface area contributed by atoms with Crippen LogP contribution in [-0.4, -0.2) is 43.7 Å². The molecule has 0 atom stereocenters. The Balaban J connectivity index is 1.29. The highest BCUT2D eigenvalue weighted by molar-refractivity contribution is 5.77. The van der Waals surface area contributed by atoms with E-state index in [2.05, 4.69) is 4.98 Å². The Morgan fingerprint density at radius 1 is 1.09 bits per heavy atom. The van der Waals surface area contributed by atoms with Crippen molar-refractivity contribution in [1.29, 1.82) is 0 Å². The maximum atomic E-state index is 11.8. The number of benzene rings is 2. The number of esters is 1. The summed E-state index contributed by atoms with van der Waals surface area (Å²) in [5.41, 5.74) is 2.91. The van der Waals surface area contributed by atoms with Crippen LogP contribution in [0.25, 0.3) is 11.5 Å². The van der Waals surface area contributed by atoms with Crippen LogP contribution in [0, 0.1) is 6.92 Å². The lowest BCUT2D eigenvalue weighted by Gasteiger charge is -2.35. The van der Waals surface area contributed by atoms with Crippen molar-refractivity contribution < 1.29 is 28.2 Å². The Kier molecular flexibility index (Phi) is 6.58. The molecule has 2 aromatic carbocycles. The molecular weight excluding hydrogens is 410 g/mol. The van der Waals surface area contributed by atoms with Crippen molar-refractivity contribution in [3.05, 3.63) is 71.6 Å². The molecule has 168 valence electrons. The second-order valence-electron chi connectivity index (χ2n) is 7.81. The first-order chi connectivity index (χ1) is 15.5. The first-order valence-corrected chi connectivity index (χ1v) is 10.6. The Hall–Kier alpha value is -3.16. The number of aryl methyl sites for hydroxylation is 1. The van der Waals surface area contributed by atoms with E-state index in [1.807, 2.05) is 61.5 Å². The third-order valence-corrected chi connectivity index (χ3v) is 5.55. The second kappa shape index (κ2) is 9.54. The van der Waals surface area contributed by atoms with Crippen LogP contribution in [0.15, 0.2) is 59.0 Å². The minimum Gasteiger partial charge on any atom is -0.493 e. The van der Waals surface area contributed by atoms with E-state index in [0.717, 1.165) is 28.3 Å². The number of methoxy groups -OCH3 is 1. The van der Waals surface area contributed by atoms with Gasteiger partial charge in [0, 0.05) is 24.8 Å². The molecule has 0 amide bonds. The van der Waals surface area contributed by atoms with E-state index in [9.17, 15) is 4.79 Å². The quantitative estimate of drug-likeness (QED) is 0.510. The Morgan fingerprint density at radius 2 is 1.78 bits per heavy atom. The summed E-state index contributed by atoms with van der Waals surface area (Å²) >= 11 is 0. The van der Waals surface area contributed by atoms with Gasteiger partial charge < -0.3 is 23.4 Å². The number of hydrogen-bond donors (Lipinski definition) is 0. The van der Waals surface area contributed by atoms with Gasteiger partial charge in [-0.25, -0.2) is 9.78 Å². The number of carbonyl (C=O) groups is 1. The highest BCUT2D eigenvalue weighted by Crippen LogP contribution is 2.29. The Morgan fingerprint density at radius 3 is 2.44 bits per heavy atom. The summed E-state index contributed by atoms with van der Waals surface area (Å²) in [6.07, 6.45) is 0.653. The molecule has 4 rings (SSSR count). The number of aromatic nitrogens is 1. The zero-order chi connectivity index (χ0) is 22.6. The van der Waals surface area contributed by atoms with Gasteiger partial charge in [0.15, 0.2) is 0 Å². The number of hydrogen-bond acceptors (Lipinski definition) is 7. The Labute approximate surface area is 187 Å². The van der Waals surface area contributed by atoms with Gasteiger partial charge >= 0.3 is 5.97 Å².